The molecular weight excluding hydrogens is 190 g/mol. The number of H-pyrrole nitrogens is 1. The van der Waals surface area contributed by atoms with Crippen LogP contribution < -0.4 is 4.74 Å². The van der Waals surface area contributed by atoms with Gasteiger partial charge in [-0.05, 0) is 26.0 Å². The molecule has 0 aliphatic carbocycles. The van der Waals surface area contributed by atoms with Gasteiger partial charge in [0.25, 0.3) is 0 Å². The second-order valence-corrected chi connectivity index (χ2v) is 3.40. The highest BCUT2D eigenvalue weighted by atomic mass is 16.5. The van der Waals surface area contributed by atoms with E-state index in [1.54, 1.807) is 13.1 Å². The van der Waals surface area contributed by atoms with Crippen LogP contribution in [-0.2, 0) is 0 Å². The summed E-state index contributed by atoms with van der Waals surface area (Å²) in [7, 11) is 0. The third-order valence-corrected chi connectivity index (χ3v) is 2.34. The molecule has 0 aliphatic rings. The molecule has 1 aromatic heterocycles. The van der Waals surface area contributed by atoms with Gasteiger partial charge in [0, 0.05) is 28.7 Å². The van der Waals surface area contributed by atoms with Crippen LogP contribution in [0.15, 0.2) is 24.4 Å². The minimum absolute atomic E-state index is 0.0745. The number of ether oxygens (including phenoxy) is 1. The van der Waals surface area contributed by atoms with Gasteiger partial charge in [0.1, 0.15) is 5.75 Å². The Morgan fingerprint density at radius 1 is 1.47 bits per heavy atom. The van der Waals surface area contributed by atoms with Crippen molar-refractivity contribution in [3.8, 4) is 5.75 Å². The topological polar surface area (TPSA) is 42.1 Å². The van der Waals surface area contributed by atoms with E-state index in [0.29, 0.717) is 6.61 Å². The molecule has 78 valence electrons. The van der Waals surface area contributed by atoms with Crippen LogP contribution in [0.3, 0.4) is 0 Å². The van der Waals surface area contributed by atoms with E-state index in [1.165, 1.54) is 0 Å². The number of hydrogen-bond donors (Lipinski definition) is 1. The van der Waals surface area contributed by atoms with E-state index in [2.05, 4.69) is 4.98 Å². The van der Waals surface area contributed by atoms with Crippen molar-refractivity contribution in [1.29, 1.82) is 0 Å². The Morgan fingerprint density at radius 2 is 2.27 bits per heavy atom. The summed E-state index contributed by atoms with van der Waals surface area (Å²) in [6.45, 7) is 4.16. The van der Waals surface area contributed by atoms with Gasteiger partial charge in [-0.3, -0.25) is 4.79 Å². The Hall–Kier alpha value is -1.77. The van der Waals surface area contributed by atoms with Crippen molar-refractivity contribution in [3.63, 3.8) is 0 Å². The lowest BCUT2D eigenvalue weighted by atomic mass is 10.1. The minimum atomic E-state index is 0.0745. The van der Waals surface area contributed by atoms with Gasteiger partial charge >= 0.3 is 0 Å². The zero-order valence-corrected chi connectivity index (χ0v) is 8.83. The first-order valence-electron chi connectivity index (χ1n) is 4.97. The lowest BCUT2D eigenvalue weighted by molar-refractivity contribution is 0.101. The van der Waals surface area contributed by atoms with Crippen LogP contribution in [0.2, 0.25) is 0 Å². The fraction of sp³-hybridized carbons (Fsp3) is 0.250. The van der Waals surface area contributed by atoms with E-state index in [0.717, 1.165) is 22.2 Å². The molecule has 0 amide bonds. The number of aromatic amines is 1. The molecule has 0 aliphatic heterocycles. The second kappa shape index (κ2) is 3.77. The Labute approximate surface area is 88.1 Å². The average molecular weight is 203 g/mol. The maximum atomic E-state index is 11.3. The first kappa shape index (κ1) is 9.77. The molecular formula is C12H13NO2. The third-order valence-electron chi connectivity index (χ3n) is 2.34. The number of Topliss-reactive ketones (excluding diaryl/α,β-unsaturated/α-hetero) is 1. The standard InChI is InChI=1S/C12H13NO2/c1-3-15-9-4-5-10-11(8(2)14)7-13-12(10)6-9/h4-7,13H,3H2,1-2H3. The first-order valence-corrected chi connectivity index (χ1v) is 4.97. The lowest BCUT2D eigenvalue weighted by Crippen LogP contribution is -1.91. The van der Waals surface area contributed by atoms with E-state index >= 15 is 0 Å². The van der Waals surface area contributed by atoms with Crippen molar-refractivity contribution in [2.75, 3.05) is 6.61 Å². The molecule has 0 saturated heterocycles. The van der Waals surface area contributed by atoms with Gasteiger partial charge in [0.15, 0.2) is 5.78 Å². The summed E-state index contributed by atoms with van der Waals surface area (Å²) in [6, 6.07) is 5.70. The van der Waals surface area contributed by atoms with Gasteiger partial charge in [0.05, 0.1) is 6.61 Å². The number of carbonyl (C=O) groups is 1. The zero-order chi connectivity index (χ0) is 10.8. The van der Waals surface area contributed by atoms with Gasteiger partial charge in [-0.2, -0.15) is 0 Å². The summed E-state index contributed by atoms with van der Waals surface area (Å²) < 4.78 is 5.38. The number of ketones is 1. The van der Waals surface area contributed by atoms with Crippen LogP contribution in [0, 0.1) is 0 Å². The predicted molar refractivity (Wildman–Crippen MR) is 59.5 cm³/mol. The van der Waals surface area contributed by atoms with Crippen molar-refractivity contribution in [3.05, 3.63) is 30.0 Å². The van der Waals surface area contributed by atoms with Gasteiger partial charge < -0.3 is 9.72 Å². The third kappa shape index (κ3) is 1.73. The molecule has 0 radical (unpaired) electrons. The number of rotatable bonds is 3. The molecule has 0 fully saturated rings. The molecule has 1 aromatic carbocycles. The summed E-state index contributed by atoms with van der Waals surface area (Å²) in [5, 5.41) is 0.950. The smallest absolute Gasteiger partial charge is 0.161 e. The van der Waals surface area contributed by atoms with Crippen molar-refractivity contribution in [2.45, 2.75) is 13.8 Å². The minimum Gasteiger partial charge on any atom is -0.494 e. The normalized spacial score (nSPS) is 10.5. The van der Waals surface area contributed by atoms with Crippen LogP contribution in [0.1, 0.15) is 24.2 Å². The summed E-state index contributed by atoms with van der Waals surface area (Å²) in [5.41, 5.74) is 1.67. The van der Waals surface area contributed by atoms with Crippen molar-refractivity contribution in [1.82, 2.24) is 4.98 Å². The zero-order valence-electron chi connectivity index (χ0n) is 8.83. The lowest BCUT2D eigenvalue weighted by Gasteiger charge is -2.02. The Bertz CT molecular complexity index is 499. The van der Waals surface area contributed by atoms with Gasteiger partial charge in [-0.1, -0.05) is 0 Å². The molecule has 3 nitrogen and oxygen atoms in total. The molecule has 0 spiro atoms. The van der Waals surface area contributed by atoms with Gasteiger partial charge in [-0.25, -0.2) is 0 Å². The monoisotopic (exact) mass is 203 g/mol. The van der Waals surface area contributed by atoms with Crippen LogP contribution >= 0.6 is 0 Å². The molecule has 0 atom stereocenters. The molecule has 3 heteroatoms. The molecule has 1 N–H and O–H groups in total. The van der Waals surface area contributed by atoms with Crippen molar-refractivity contribution in [2.24, 2.45) is 0 Å². The first-order chi connectivity index (χ1) is 7.22. The van der Waals surface area contributed by atoms with Crippen molar-refractivity contribution < 1.29 is 9.53 Å². The van der Waals surface area contributed by atoms with Gasteiger partial charge in [-0.15, -0.1) is 0 Å². The number of fused-ring (bicyclic) bond motifs is 1. The SMILES string of the molecule is CCOc1ccc2c(C(C)=O)c[nH]c2c1. The Morgan fingerprint density at radius 3 is 2.93 bits per heavy atom. The molecule has 0 bridgehead atoms. The highest BCUT2D eigenvalue weighted by Gasteiger charge is 2.07. The Kier molecular flexibility index (Phi) is 2.46. The quantitative estimate of drug-likeness (QED) is 0.779. The fourth-order valence-electron chi connectivity index (χ4n) is 1.65. The highest BCUT2D eigenvalue weighted by Crippen LogP contribution is 2.23. The predicted octanol–water partition coefficient (Wildman–Crippen LogP) is 2.77. The summed E-state index contributed by atoms with van der Waals surface area (Å²) in [5.74, 6) is 0.896. The van der Waals surface area contributed by atoms with Crippen LogP contribution in [-0.4, -0.2) is 17.4 Å². The van der Waals surface area contributed by atoms with E-state index in [4.69, 9.17) is 4.74 Å². The average Bonchev–Trinajstić information content (AvgIpc) is 2.61. The van der Waals surface area contributed by atoms with Crippen LogP contribution in [0.4, 0.5) is 0 Å². The highest BCUT2D eigenvalue weighted by molar-refractivity contribution is 6.06. The molecule has 0 unspecified atom stereocenters. The van der Waals surface area contributed by atoms with Gasteiger partial charge in [0.2, 0.25) is 0 Å². The van der Waals surface area contributed by atoms with E-state index < -0.39 is 0 Å². The van der Waals surface area contributed by atoms with Crippen molar-refractivity contribution >= 4 is 16.7 Å². The molecule has 1 heterocycles. The fourth-order valence-corrected chi connectivity index (χ4v) is 1.65. The number of aromatic nitrogens is 1. The summed E-state index contributed by atoms with van der Waals surface area (Å²) in [6.07, 6.45) is 1.74. The molecule has 15 heavy (non-hydrogen) atoms. The molecule has 0 saturated carbocycles. The number of benzene rings is 1. The number of nitrogens with one attached hydrogen (secondary N) is 1. The summed E-state index contributed by atoms with van der Waals surface area (Å²) in [4.78, 5) is 14.3. The van der Waals surface area contributed by atoms with Crippen LogP contribution in [0.5, 0.6) is 5.75 Å². The molecule has 2 aromatic rings. The second-order valence-electron chi connectivity index (χ2n) is 3.40. The van der Waals surface area contributed by atoms with E-state index in [1.807, 2.05) is 25.1 Å². The summed E-state index contributed by atoms with van der Waals surface area (Å²) >= 11 is 0. The van der Waals surface area contributed by atoms with E-state index in [9.17, 15) is 4.79 Å². The molecule has 2 rings (SSSR count). The van der Waals surface area contributed by atoms with Crippen LogP contribution in [0.25, 0.3) is 10.9 Å². The largest absolute Gasteiger partial charge is 0.494 e. The number of carbonyl (C=O) groups excluding carboxylic acids is 1. The maximum absolute atomic E-state index is 11.3. The van der Waals surface area contributed by atoms with E-state index in [-0.39, 0.29) is 5.78 Å². The number of hydrogen-bond acceptors (Lipinski definition) is 2. The Balaban J connectivity index is 2.51. The maximum Gasteiger partial charge on any atom is 0.161 e.